The molecule has 0 aliphatic carbocycles. The molecule has 134 valence electrons. The maximum Gasteiger partial charge on any atom is 0.226 e. The van der Waals surface area contributed by atoms with E-state index in [1.807, 2.05) is 4.57 Å². The second kappa shape index (κ2) is 7.39. The minimum atomic E-state index is -0.125. The van der Waals surface area contributed by atoms with Crippen molar-refractivity contribution in [2.45, 2.75) is 33.7 Å². The summed E-state index contributed by atoms with van der Waals surface area (Å²) in [5.74, 6) is -0.192. The molecule has 0 saturated heterocycles. The number of aromatic nitrogens is 2. The van der Waals surface area contributed by atoms with Crippen molar-refractivity contribution in [3.05, 3.63) is 53.9 Å². The molecule has 1 heterocycles. The summed E-state index contributed by atoms with van der Waals surface area (Å²) < 4.78 is 2.00. The lowest BCUT2D eigenvalue weighted by Crippen LogP contribution is -2.14. The van der Waals surface area contributed by atoms with E-state index in [4.69, 9.17) is 0 Å². The molecule has 0 atom stereocenters. The lowest BCUT2D eigenvalue weighted by molar-refractivity contribution is -0.116. The Morgan fingerprint density at radius 1 is 1.00 bits per heavy atom. The Balaban J connectivity index is 1.60. The topological polar surface area (TPSA) is 76.0 Å². The molecule has 6 heteroatoms. The van der Waals surface area contributed by atoms with Crippen LogP contribution in [-0.2, 0) is 16.1 Å². The number of hydrogen-bond acceptors (Lipinski definition) is 3. The zero-order chi connectivity index (χ0) is 18.7. The van der Waals surface area contributed by atoms with Gasteiger partial charge in [0, 0.05) is 31.3 Å². The molecule has 2 aromatic carbocycles. The van der Waals surface area contributed by atoms with Crippen LogP contribution in [0.4, 0.5) is 11.4 Å². The Morgan fingerprint density at radius 3 is 2.27 bits per heavy atom. The van der Waals surface area contributed by atoms with Gasteiger partial charge < -0.3 is 15.2 Å². The van der Waals surface area contributed by atoms with Crippen LogP contribution in [-0.4, -0.2) is 21.4 Å². The Labute approximate surface area is 152 Å². The highest BCUT2D eigenvalue weighted by molar-refractivity contribution is 5.92. The van der Waals surface area contributed by atoms with Crippen LogP contribution in [0, 0.1) is 13.8 Å². The molecule has 0 aliphatic rings. The van der Waals surface area contributed by atoms with Gasteiger partial charge in [-0.3, -0.25) is 9.59 Å². The van der Waals surface area contributed by atoms with Crippen molar-refractivity contribution in [1.82, 2.24) is 9.55 Å². The molecule has 0 spiro atoms. The van der Waals surface area contributed by atoms with E-state index in [1.165, 1.54) is 18.1 Å². The fourth-order valence-corrected chi connectivity index (χ4v) is 2.78. The van der Waals surface area contributed by atoms with Gasteiger partial charge in [0.25, 0.3) is 0 Å². The second-order valence-corrected chi connectivity index (χ2v) is 6.42. The predicted octanol–water partition coefficient (Wildman–Crippen LogP) is 3.64. The van der Waals surface area contributed by atoms with Gasteiger partial charge in [-0.15, -0.1) is 0 Å². The van der Waals surface area contributed by atoms with Gasteiger partial charge in [-0.25, -0.2) is 4.98 Å². The molecule has 0 aliphatic heterocycles. The van der Waals surface area contributed by atoms with E-state index in [0.29, 0.717) is 24.3 Å². The van der Waals surface area contributed by atoms with E-state index in [-0.39, 0.29) is 11.8 Å². The molecule has 0 radical (unpaired) electrons. The van der Waals surface area contributed by atoms with Crippen molar-refractivity contribution in [2.24, 2.45) is 0 Å². The van der Waals surface area contributed by atoms with E-state index in [1.54, 1.807) is 30.6 Å². The SMILES string of the molecule is CC(=O)Nc1ccc(NC(=O)CCn2cnc3cc(C)c(C)cc32)cc1. The Kier molecular flexibility index (Phi) is 5.02. The average molecular weight is 350 g/mol. The molecular formula is C20H22N4O2. The van der Waals surface area contributed by atoms with Crippen LogP contribution in [0.25, 0.3) is 11.0 Å². The molecule has 1 aromatic heterocycles. The number of carbonyl (C=O) groups excluding carboxylic acids is 2. The largest absolute Gasteiger partial charge is 0.330 e. The summed E-state index contributed by atoms with van der Waals surface area (Å²) in [5.41, 5.74) is 5.81. The summed E-state index contributed by atoms with van der Waals surface area (Å²) in [4.78, 5) is 27.6. The molecular weight excluding hydrogens is 328 g/mol. The van der Waals surface area contributed by atoms with Gasteiger partial charge in [-0.1, -0.05) is 0 Å². The highest BCUT2D eigenvalue weighted by atomic mass is 16.2. The zero-order valence-corrected chi connectivity index (χ0v) is 15.2. The molecule has 2 N–H and O–H groups in total. The third-order valence-corrected chi connectivity index (χ3v) is 4.31. The van der Waals surface area contributed by atoms with Crippen LogP contribution in [0.3, 0.4) is 0 Å². The maximum atomic E-state index is 12.2. The first kappa shape index (κ1) is 17.7. The first-order valence-electron chi connectivity index (χ1n) is 8.52. The number of anilines is 2. The number of rotatable bonds is 5. The predicted molar refractivity (Wildman–Crippen MR) is 103 cm³/mol. The summed E-state index contributed by atoms with van der Waals surface area (Å²) in [7, 11) is 0. The number of hydrogen-bond donors (Lipinski definition) is 2. The van der Waals surface area contributed by atoms with Gasteiger partial charge in [0.05, 0.1) is 17.4 Å². The van der Waals surface area contributed by atoms with Crippen LogP contribution in [0.5, 0.6) is 0 Å². The number of fused-ring (bicyclic) bond motifs is 1. The standard InChI is InChI=1S/C20H22N4O2/c1-13-10-18-19(11-14(13)2)24(12-21-18)9-8-20(26)23-17-6-4-16(5-7-17)22-15(3)25/h4-7,10-12H,8-9H2,1-3H3,(H,22,25)(H,23,26). The number of carbonyl (C=O) groups is 2. The average Bonchev–Trinajstić information content (AvgIpc) is 2.96. The smallest absolute Gasteiger partial charge is 0.226 e. The monoisotopic (exact) mass is 350 g/mol. The first-order chi connectivity index (χ1) is 12.4. The third kappa shape index (κ3) is 4.08. The summed E-state index contributed by atoms with van der Waals surface area (Å²) in [6, 6.07) is 11.2. The number of nitrogens with zero attached hydrogens (tertiary/aromatic N) is 2. The number of amides is 2. The second-order valence-electron chi connectivity index (χ2n) is 6.42. The molecule has 0 saturated carbocycles. The van der Waals surface area contributed by atoms with Gasteiger partial charge in [-0.2, -0.15) is 0 Å². The number of imidazole rings is 1. The highest BCUT2D eigenvalue weighted by Gasteiger charge is 2.08. The number of benzene rings is 2. The third-order valence-electron chi connectivity index (χ3n) is 4.31. The van der Waals surface area contributed by atoms with E-state index in [2.05, 4.69) is 41.6 Å². The van der Waals surface area contributed by atoms with Crippen LogP contribution < -0.4 is 10.6 Å². The molecule has 26 heavy (non-hydrogen) atoms. The van der Waals surface area contributed by atoms with Crippen molar-refractivity contribution < 1.29 is 9.59 Å². The van der Waals surface area contributed by atoms with Crippen LogP contribution in [0.1, 0.15) is 24.5 Å². The van der Waals surface area contributed by atoms with Crippen LogP contribution in [0.2, 0.25) is 0 Å². The van der Waals surface area contributed by atoms with Crippen molar-refractivity contribution in [3.63, 3.8) is 0 Å². The zero-order valence-electron chi connectivity index (χ0n) is 15.2. The van der Waals surface area contributed by atoms with Gasteiger partial charge in [0.2, 0.25) is 11.8 Å². The number of aryl methyl sites for hydroxylation is 3. The lowest BCUT2D eigenvalue weighted by Gasteiger charge is -2.08. The van der Waals surface area contributed by atoms with Gasteiger partial charge in [-0.05, 0) is 61.4 Å². The van der Waals surface area contributed by atoms with Crippen molar-refractivity contribution in [1.29, 1.82) is 0 Å². The quantitative estimate of drug-likeness (QED) is 0.737. The van der Waals surface area contributed by atoms with E-state index in [0.717, 1.165) is 11.0 Å². The molecule has 0 unspecified atom stereocenters. The fraction of sp³-hybridized carbons (Fsp3) is 0.250. The highest BCUT2D eigenvalue weighted by Crippen LogP contribution is 2.19. The molecule has 0 fully saturated rings. The van der Waals surface area contributed by atoms with Crippen LogP contribution in [0.15, 0.2) is 42.7 Å². The van der Waals surface area contributed by atoms with Gasteiger partial charge in [0.1, 0.15) is 0 Å². The minimum absolute atomic E-state index is 0.0667. The van der Waals surface area contributed by atoms with E-state index >= 15 is 0 Å². The normalized spacial score (nSPS) is 10.7. The molecule has 0 bridgehead atoms. The summed E-state index contributed by atoms with van der Waals surface area (Å²) in [6.07, 6.45) is 2.13. The maximum absolute atomic E-state index is 12.2. The Morgan fingerprint density at radius 2 is 1.62 bits per heavy atom. The molecule has 2 amide bonds. The molecule has 6 nitrogen and oxygen atoms in total. The van der Waals surface area contributed by atoms with Gasteiger partial charge in [0.15, 0.2) is 0 Å². The minimum Gasteiger partial charge on any atom is -0.330 e. The van der Waals surface area contributed by atoms with Gasteiger partial charge >= 0.3 is 0 Å². The Hall–Kier alpha value is -3.15. The summed E-state index contributed by atoms with van der Waals surface area (Å²) >= 11 is 0. The molecule has 3 rings (SSSR count). The summed E-state index contributed by atoms with van der Waals surface area (Å²) in [5, 5.41) is 5.56. The van der Waals surface area contributed by atoms with Crippen molar-refractivity contribution >= 4 is 34.2 Å². The molecule has 3 aromatic rings. The van der Waals surface area contributed by atoms with E-state index in [9.17, 15) is 9.59 Å². The van der Waals surface area contributed by atoms with Crippen molar-refractivity contribution in [2.75, 3.05) is 10.6 Å². The summed E-state index contributed by atoms with van der Waals surface area (Å²) in [6.45, 7) is 6.16. The number of nitrogens with one attached hydrogen (secondary N) is 2. The first-order valence-corrected chi connectivity index (χ1v) is 8.52. The van der Waals surface area contributed by atoms with E-state index < -0.39 is 0 Å². The van der Waals surface area contributed by atoms with Crippen LogP contribution >= 0.6 is 0 Å². The fourth-order valence-electron chi connectivity index (χ4n) is 2.78. The lowest BCUT2D eigenvalue weighted by atomic mass is 10.1. The van der Waals surface area contributed by atoms with Crippen molar-refractivity contribution in [3.8, 4) is 0 Å². The Bertz CT molecular complexity index is 958.